The summed E-state index contributed by atoms with van der Waals surface area (Å²) in [5.74, 6) is 0.407. The molecule has 4 fully saturated rings. The maximum Gasteiger partial charge on any atom is 0.161 e. The second kappa shape index (κ2) is 5.17. The van der Waals surface area contributed by atoms with Crippen LogP contribution in [-0.4, -0.2) is 62.4 Å². The van der Waals surface area contributed by atoms with Gasteiger partial charge in [0.15, 0.2) is 6.29 Å². The Kier molecular flexibility index (Phi) is 3.54. The van der Waals surface area contributed by atoms with Gasteiger partial charge in [-0.1, -0.05) is 6.92 Å². The van der Waals surface area contributed by atoms with Crippen LogP contribution >= 0.6 is 0 Å². The van der Waals surface area contributed by atoms with Crippen molar-refractivity contribution in [1.29, 1.82) is 0 Å². The minimum absolute atomic E-state index is 0.0610. The van der Waals surface area contributed by atoms with E-state index in [2.05, 4.69) is 24.1 Å². The van der Waals surface area contributed by atoms with E-state index >= 15 is 0 Å². The molecule has 4 heterocycles. The van der Waals surface area contributed by atoms with E-state index in [-0.39, 0.29) is 6.29 Å². The predicted molar refractivity (Wildman–Crippen MR) is 78.8 cm³/mol. The summed E-state index contributed by atoms with van der Waals surface area (Å²) < 4.78 is 17.4. The summed E-state index contributed by atoms with van der Waals surface area (Å²) >= 11 is 0. The largest absolute Gasteiger partial charge is 0.356 e. The number of hydrogen-bond donors (Lipinski definition) is 1. The molecule has 0 aliphatic carbocycles. The number of ether oxygens (including phenoxy) is 3. The molecule has 4 rings (SSSR count). The molecule has 5 heteroatoms. The van der Waals surface area contributed by atoms with Crippen LogP contribution in [0.4, 0.5) is 0 Å². The summed E-state index contributed by atoms with van der Waals surface area (Å²) in [7, 11) is 1.74. The third-order valence-corrected chi connectivity index (χ3v) is 6.26. The first-order valence-corrected chi connectivity index (χ1v) is 8.44. The van der Waals surface area contributed by atoms with Crippen LogP contribution in [-0.2, 0) is 14.2 Å². The lowest BCUT2D eigenvalue weighted by Crippen LogP contribution is -2.56. The van der Waals surface area contributed by atoms with Crippen LogP contribution < -0.4 is 5.32 Å². The summed E-state index contributed by atoms with van der Waals surface area (Å²) in [5.41, 5.74) is 0.426. The minimum Gasteiger partial charge on any atom is -0.356 e. The molecule has 4 aliphatic heterocycles. The van der Waals surface area contributed by atoms with Crippen molar-refractivity contribution < 1.29 is 14.2 Å². The van der Waals surface area contributed by atoms with Gasteiger partial charge in [0, 0.05) is 30.5 Å². The molecule has 0 aromatic heterocycles. The fourth-order valence-corrected chi connectivity index (χ4v) is 5.09. The van der Waals surface area contributed by atoms with Crippen molar-refractivity contribution in [1.82, 2.24) is 10.2 Å². The van der Waals surface area contributed by atoms with Crippen molar-refractivity contribution in [3.8, 4) is 0 Å². The van der Waals surface area contributed by atoms with Crippen LogP contribution in [0.3, 0.4) is 0 Å². The van der Waals surface area contributed by atoms with Crippen LogP contribution in [0.25, 0.3) is 0 Å². The zero-order valence-electron chi connectivity index (χ0n) is 13.4. The maximum atomic E-state index is 6.19. The zero-order valence-corrected chi connectivity index (χ0v) is 13.4. The Balaban J connectivity index is 1.50. The van der Waals surface area contributed by atoms with Gasteiger partial charge in [0.2, 0.25) is 0 Å². The van der Waals surface area contributed by atoms with Crippen LogP contribution in [0, 0.1) is 11.3 Å². The molecule has 4 aliphatic rings. The van der Waals surface area contributed by atoms with Gasteiger partial charge in [0.05, 0.1) is 6.61 Å². The van der Waals surface area contributed by atoms with Gasteiger partial charge in [-0.2, -0.15) is 0 Å². The fraction of sp³-hybridized carbons (Fsp3) is 1.00. The van der Waals surface area contributed by atoms with Crippen LogP contribution in [0.1, 0.15) is 33.1 Å². The predicted octanol–water partition coefficient (Wildman–Crippen LogP) is 1.18. The molecule has 6 unspecified atom stereocenters. The second-order valence-corrected chi connectivity index (χ2v) is 7.42. The van der Waals surface area contributed by atoms with Gasteiger partial charge in [-0.05, 0) is 39.3 Å². The number of epoxide rings is 1. The number of fused-ring (bicyclic) bond motifs is 2. The van der Waals surface area contributed by atoms with E-state index in [1.165, 1.54) is 19.3 Å². The summed E-state index contributed by atoms with van der Waals surface area (Å²) in [6.07, 6.45) is 4.50. The zero-order chi connectivity index (χ0) is 14.6. The molecule has 21 heavy (non-hydrogen) atoms. The summed E-state index contributed by atoms with van der Waals surface area (Å²) in [6, 6.07) is 0.998. The highest BCUT2D eigenvalue weighted by Crippen LogP contribution is 2.55. The molecule has 0 radical (unpaired) electrons. The molecule has 0 bridgehead atoms. The first-order valence-electron chi connectivity index (χ1n) is 8.44. The highest BCUT2D eigenvalue weighted by molar-refractivity contribution is 5.10. The van der Waals surface area contributed by atoms with Gasteiger partial charge in [0.1, 0.15) is 12.3 Å². The van der Waals surface area contributed by atoms with Crippen molar-refractivity contribution in [2.45, 2.75) is 63.8 Å². The normalized spacial score (nSPS) is 49.3. The highest BCUT2D eigenvalue weighted by atomic mass is 16.7. The number of nitrogens with one attached hydrogen (secondary N) is 1. The first-order chi connectivity index (χ1) is 10.2. The Hall–Kier alpha value is -0.200. The molecule has 1 spiro atoms. The van der Waals surface area contributed by atoms with Crippen molar-refractivity contribution in [2.75, 3.05) is 26.8 Å². The highest BCUT2D eigenvalue weighted by Gasteiger charge is 2.63. The lowest BCUT2D eigenvalue weighted by atomic mass is 9.69. The number of piperidine rings is 2. The van der Waals surface area contributed by atoms with Crippen LogP contribution in [0.15, 0.2) is 0 Å². The quantitative estimate of drug-likeness (QED) is 0.776. The lowest BCUT2D eigenvalue weighted by Gasteiger charge is -2.47. The number of nitrogens with zero attached hydrogens (tertiary/aromatic N) is 1. The minimum atomic E-state index is -0.0610. The molecule has 0 amide bonds. The molecule has 4 saturated heterocycles. The van der Waals surface area contributed by atoms with E-state index in [0.717, 1.165) is 19.7 Å². The summed E-state index contributed by atoms with van der Waals surface area (Å²) in [4.78, 5) is 2.58. The molecule has 0 saturated carbocycles. The monoisotopic (exact) mass is 296 g/mol. The third kappa shape index (κ3) is 2.17. The Bertz CT molecular complexity index is 397. The molecular weight excluding hydrogens is 268 g/mol. The van der Waals surface area contributed by atoms with E-state index in [0.29, 0.717) is 35.7 Å². The first kappa shape index (κ1) is 14.4. The number of hydrogen-bond acceptors (Lipinski definition) is 5. The number of methoxy groups -OCH3 is 1. The molecule has 5 nitrogen and oxygen atoms in total. The Morgan fingerprint density at radius 1 is 1.24 bits per heavy atom. The maximum absolute atomic E-state index is 6.19. The molecular formula is C16H28N2O3. The van der Waals surface area contributed by atoms with Gasteiger partial charge in [-0.3, -0.25) is 4.90 Å². The van der Waals surface area contributed by atoms with Gasteiger partial charge in [0.25, 0.3) is 0 Å². The number of likely N-dealkylation sites (tertiary alicyclic amines) is 1. The van der Waals surface area contributed by atoms with E-state index in [4.69, 9.17) is 14.2 Å². The van der Waals surface area contributed by atoms with Crippen LogP contribution in [0.2, 0.25) is 0 Å². The van der Waals surface area contributed by atoms with Gasteiger partial charge < -0.3 is 19.5 Å². The van der Waals surface area contributed by atoms with Crippen molar-refractivity contribution >= 4 is 0 Å². The topological polar surface area (TPSA) is 46.3 Å². The van der Waals surface area contributed by atoms with E-state index in [1.54, 1.807) is 7.11 Å². The fourth-order valence-electron chi connectivity index (χ4n) is 5.09. The van der Waals surface area contributed by atoms with Crippen LogP contribution in [0.5, 0.6) is 0 Å². The van der Waals surface area contributed by atoms with E-state index in [9.17, 15) is 0 Å². The van der Waals surface area contributed by atoms with Gasteiger partial charge >= 0.3 is 0 Å². The Morgan fingerprint density at radius 2 is 2.00 bits per heavy atom. The Labute approximate surface area is 127 Å². The number of rotatable bonds is 2. The molecule has 120 valence electrons. The summed E-state index contributed by atoms with van der Waals surface area (Å²) in [5, 5.41) is 3.49. The molecule has 0 aromatic rings. The average molecular weight is 296 g/mol. The van der Waals surface area contributed by atoms with E-state index < -0.39 is 0 Å². The molecule has 0 aromatic carbocycles. The lowest BCUT2D eigenvalue weighted by molar-refractivity contribution is -0.107. The molecule has 6 atom stereocenters. The van der Waals surface area contributed by atoms with Crippen molar-refractivity contribution in [3.05, 3.63) is 0 Å². The average Bonchev–Trinajstić information content (AvgIpc) is 3.20. The SMILES string of the molecule is COC1OCC(N2C(C)CC3(CCNCC3)C3OC32)C1C. The van der Waals surface area contributed by atoms with Crippen molar-refractivity contribution in [3.63, 3.8) is 0 Å². The van der Waals surface area contributed by atoms with Gasteiger partial charge in [-0.25, -0.2) is 0 Å². The van der Waals surface area contributed by atoms with Gasteiger partial charge in [-0.15, -0.1) is 0 Å². The standard InChI is InChI=1S/C16H28N2O3/c1-10-8-16(4-6-17-7-5-16)13-14(21-13)18(10)12-9-20-15(19-3)11(12)2/h10-15,17H,4-9H2,1-3H3. The van der Waals surface area contributed by atoms with Crippen molar-refractivity contribution in [2.24, 2.45) is 11.3 Å². The second-order valence-electron chi connectivity index (χ2n) is 7.42. The smallest absolute Gasteiger partial charge is 0.161 e. The van der Waals surface area contributed by atoms with E-state index in [1.807, 2.05) is 0 Å². The Morgan fingerprint density at radius 3 is 2.67 bits per heavy atom. The molecule has 1 N–H and O–H groups in total. The third-order valence-electron chi connectivity index (χ3n) is 6.26. The summed E-state index contributed by atoms with van der Waals surface area (Å²) in [6.45, 7) is 7.67.